The Morgan fingerprint density at radius 1 is 0.974 bits per heavy atom. The van der Waals surface area contributed by atoms with Crippen LogP contribution in [-0.2, 0) is 25.7 Å². The summed E-state index contributed by atoms with van der Waals surface area (Å²) in [4.78, 5) is 29.8. The molecular formula is C30H28BrNO6. The Kier molecular flexibility index (Phi) is 6.92. The smallest absolute Gasteiger partial charge is 0.324 e. The van der Waals surface area contributed by atoms with Gasteiger partial charge in [-0.15, -0.1) is 0 Å². The minimum Gasteiger partial charge on any atom is -0.493 e. The first kappa shape index (κ1) is 25.9. The zero-order chi connectivity index (χ0) is 27.0. The zero-order valence-electron chi connectivity index (χ0n) is 21.5. The van der Waals surface area contributed by atoms with Gasteiger partial charge in [0, 0.05) is 41.3 Å². The van der Waals surface area contributed by atoms with Crippen LogP contribution in [0.15, 0.2) is 71.3 Å². The third-order valence-corrected chi connectivity index (χ3v) is 7.31. The van der Waals surface area contributed by atoms with Crippen molar-refractivity contribution in [2.45, 2.75) is 39.1 Å². The van der Waals surface area contributed by atoms with Crippen LogP contribution in [0.25, 0.3) is 10.9 Å². The summed E-state index contributed by atoms with van der Waals surface area (Å²) in [6, 6.07) is 19.4. The van der Waals surface area contributed by atoms with E-state index in [1.54, 1.807) is 33.1 Å². The molecule has 0 amide bonds. The molecule has 1 aliphatic heterocycles. The van der Waals surface area contributed by atoms with Crippen molar-refractivity contribution >= 4 is 38.8 Å². The van der Waals surface area contributed by atoms with Crippen molar-refractivity contribution in [1.82, 2.24) is 4.98 Å². The molecule has 38 heavy (non-hydrogen) atoms. The van der Waals surface area contributed by atoms with Crippen molar-refractivity contribution in [2.24, 2.45) is 5.92 Å². The summed E-state index contributed by atoms with van der Waals surface area (Å²) in [6.07, 6.45) is 1.82. The molecule has 196 valence electrons. The summed E-state index contributed by atoms with van der Waals surface area (Å²) in [6.45, 7) is 5.47. The maximum atomic E-state index is 13.3. The van der Waals surface area contributed by atoms with E-state index in [9.17, 15) is 9.59 Å². The number of carbonyl (C=O) groups excluding carboxylic acids is 2. The van der Waals surface area contributed by atoms with Crippen LogP contribution >= 0.6 is 15.9 Å². The highest BCUT2D eigenvalue weighted by Gasteiger charge is 2.49. The normalized spacial score (nSPS) is 16.1. The van der Waals surface area contributed by atoms with Crippen molar-refractivity contribution in [3.63, 3.8) is 0 Å². The number of esters is 2. The largest absolute Gasteiger partial charge is 0.493 e. The number of carbonyl (C=O) groups is 2. The molecule has 1 saturated heterocycles. The van der Waals surface area contributed by atoms with Gasteiger partial charge in [-0.1, -0.05) is 64.0 Å². The van der Waals surface area contributed by atoms with Crippen LogP contribution in [0.3, 0.4) is 0 Å². The molecule has 1 aliphatic rings. The van der Waals surface area contributed by atoms with Crippen molar-refractivity contribution < 1.29 is 28.5 Å². The number of hydrogen-bond acceptors (Lipinski definition) is 6. The third kappa shape index (κ3) is 5.00. The SMILES string of the molecule is COc1cc([C@@H](c2c[nH]c3ccccc23)C2C(=O)OC(C)(C)OC2=O)c(Br)cc1OCc1ccc(C)cc1. The average Bonchev–Trinajstić information content (AvgIpc) is 3.29. The van der Waals surface area contributed by atoms with E-state index >= 15 is 0 Å². The lowest BCUT2D eigenvalue weighted by molar-refractivity contribution is -0.240. The number of rotatable bonds is 7. The van der Waals surface area contributed by atoms with Crippen LogP contribution in [0.4, 0.5) is 0 Å². The van der Waals surface area contributed by atoms with Crippen molar-refractivity contribution in [2.75, 3.05) is 7.11 Å². The van der Waals surface area contributed by atoms with Gasteiger partial charge in [-0.2, -0.15) is 0 Å². The highest BCUT2D eigenvalue weighted by Crippen LogP contribution is 2.46. The van der Waals surface area contributed by atoms with Crippen LogP contribution in [0, 0.1) is 12.8 Å². The topological polar surface area (TPSA) is 86.9 Å². The fourth-order valence-electron chi connectivity index (χ4n) is 4.79. The number of benzene rings is 3. The number of methoxy groups -OCH3 is 1. The van der Waals surface area contributed by atoms with Gasteiger partial charge in [-0.3, -0.25) is 9.59 Å². The predicted octanol–water partition coefficient (Wildman–Crippen LogP) is 6.41. The highest BCUT2D eigenvalue weighted by atomic mass is 79.9. The number of aromatic nitrogens is 1. The average molecular weight is 578 g/mol. The Hall–Kier alpha value is -3.78. The van der Waals surface area contributed by atoms with Gasteiger partial charge in [0.25, 0.3) is 5.79 Å². The Morgan fingerprint density at radius 2 is 1.66 bits per heavy atom. The molecule has 4 aromatic rings. The van der Waals surface area contributed by atoms with Gasteiger partial charge < -0.3 is 23.9 Å². The van der Waals surface area contributed by atoms with E-state index in [4.69, 9.17) is 18.9 Å². The Labute approximate surface area is 229 Å². The number of halogens is 1. The number of ether oxygens (including phenoxy) is 4. The zero-order valence-corrected chi connectivity index (χ0v) is 23.1. The van der Waals surface area contributed by atoms with E-state index in [1.165, 1.54) is 5.56 Å². The Morgan fingerprint density at radius 3 is 2.34 bits per heavy atom. The lowest BCUT2D eigenvalue weighted by atomic mass is 9.79. The monoisotopic (exact) mass is 577 g/mol. The maximum Gasteiger partial charge on any atom is 0.324 e. The fraction of sp³-hybridized carbons (Fsp3) is 0.267. The fourth-order valence-corrected chi connectivity index (χ4v) is 5.35. The lowest BCUT2D eigenvalue weighted by Crippen LogP contribution is -2.48. The number of nitrogens with one attached hydrogen (secondary N) is 1. The molecule has 0 radical (unpaired) electrons. The lowest BCUT2D eigenvalue weighted by Gasteiger charge is -2.36. The summed E-state index contributed by atoms with van der Waals surface area (Å²) >= 11 is 3.68. The summed E-state index contributed by atoms with van der Waals surface area (Å²) < 4.78 is 23.5. The molecule has 5 rings (SSSR count). The molecular weight excluding hydrogens is 550 g/mol. The number of aryl methyl sites for hydroxylation is 1. The Balaban J connectivity index is 1.59. The maximum absolute atomic E-state index is 13.3. The highest BCUT2D eigenvalue weighted by molar-refractivity contribution is 9.10. The van der Waals surface area contributed by atoms with Gasteiger partial charge in [-0.25, -0.2) is 0 Å². The molecule has 0 spiro atoms. The molecule has 8 heteroatoms. The van der Waals surface area contributed by atoms with Crippen molar-refractivity contribution in [3.05, 3.63) is 93.6 Å². The van der Waals surface area contributed by atoms with E-state index in [0.717, 1.165) is 22.0 Å². The minimum absolute atomic E-state index is 0.352. The number of H-pyrrole nitrogens is 1. The first-order valence-corrected chi connectivity index (χ1v) is 13.0. The van der Waals surface area contributed by atoms with Gasteiger partial charge in [-0.05, 0) is 41.8 Å². The summed E-state index contributed by atoms with van der Waals surface area (Å²) in [5.74, 6) is -3.58. The quantitative estimate of drug-likeness (QED) is 0.202. The van der Waals surface area contributed by atoms with E-state index < -0.39 is 29.6 Å². The molecule has 0 unspecified atom stereocenters. The van der Waals surface area contributed by atoms with Gasteiger partial charge in [0.1, 0.15) is 6.61 Å². The van der Waals surface area contributed by atoms with E-state index in [1.807, 2.05) is 61.7 Å². The number of fused-ring (bicyclic) bond motifs is 1. The standard InChI is InChI=1S/C30H28BrNO6/c1-17-9-11-18(12-10-17)16-36-25-14-22(31)20(13-24(25)35-4)26(21-15-32-23-8-6-5-7-19(21)23)27-28(33)37-30(2,3)38-29(27)34/h5-15,26-27,32H,16H2,1-4H3/t26-/m0/s1. The van der Waals surface area contributed by atoms with E-state index in [-0.39, 0.29) is 0 Å². The first-order valence-electron chi connectivity index (χ1n) is 12.2. The minimum atomic E-state index is -1.34. The van der Waals surface area contributed by atoms with Crippen LogP contribution in [0.1, 0.15) is 42.0 Å². The Bertz CT molecular complexity index is 1490. The molecule has 1 N–H and O–H groups in total. The number of hydrogen-bond donors (Lipinski definition) is 1. The molecule has 3 aromatic carbocycles. The van der Waals surface area contributed by atoms with Gasteiger partial charge in [0.2, 0.25) is 0 Å². The number of para-hydroxylation sites is 1. The van der Waals surface area contributed by atoms with Crippen LogP contribution in [0.5, 0.6) is 11.5 Å². The second-order valence-corrected chi connectivity index (χ2v) is 10.6. The van der Waals surface area contributed by atoms with E-state index in [0.29, 0.717) is 28.1 Å². The molecule has 0 aliphatic carbocycles. The molecule has 1 fully saturated rings. The summed E-state index contributed by atoms with van der Waals surface area (Å²) in [5, 5.41) is 0.883. The second kappa shape index (κ2) is 10.2. The van der Waals surface area contributed by atoms with Crippen molar-refractivity contribution in [3.8, 4) is 11.5 Å². The van der Waals surface area contributed by atoms with Gasteiger partial charge in [0.15, 0.2) is 17.4 Å². The number of aromatic amines is 1. The predicted molar refractivity (Wildman–Crippen MR) is 146 cm³/mol. The second-order valence-electron chi connectivity index (χ2n) is 9.79. The number of cyclic esters (lactones) is 2. The summed E-state index contributed by atoms with van der Waals surface area (Å²) in [7, 11) is 1.55. The molecule has 7 nitrogen and oxygen atoms in total. The molecule has 2 heterocycles. The summed E-state index contributed by atoms with van der Waals surface area (Å²) in [5.41, 5.74) is 4.49. The van der Waals surface area contributed by atoms with Crippen LogP contribution in [0.2, 0.25) is 0 Å². The van der Waals surface area contributed by atoms with Crippen LogP contribution < -0.4 is 9.47 Å². The first-order chi connectivity index (χ1) is 18.2. The third-order valence-electron chi connectivity index (χ3n) is 6.62. The van der Waals surface area contributed by atoms with E-state index in [2.05, 4.69) is 20.9 Å². The van der Waals surface area contributed by atoms with Crippen molar-refractivity contribution in [1.29, 1.82) is 0 Å². The van der Waals surface area contributed by atoms with Gasteiger partial charge >= 0.3 is 11.9 Å². The molecule has 1 aromatic heterocycles. The van der Waals surface area contributed by atoms with Gasteiger partial charge in [0.05, 0.1) is 7.11 Å². The molecule has 1 atom stereocenters. The molecule has 0 bridgehead atoms. The molecule has 0 saturated carbocycles. The van der Waals surface area contributed by atoms with Crippen LogP contribution in [-0.4, -0.2) is 29.8 Å².